The van der Waals surface area contributed by atoms with Crippen LogP contribution in [0.4, 0.5) is 27.7 Å². The van der Waals surface area contributed by atoms with Crippen molar-refractivity contribution >= 4 is 66.4 Å². The van der Waals surface area contributed by atoms with E-state index in [2.05, 4.69) is 62.4 Å². The van der Waals surface area contributed by atoms with Crippen LogP contribution in [0.25, 0.3) is 11.3 Å². The van der Waals surface area contributed by atoms with Gasteiger partial charge in [-0.05, 0) is 156 Å². The van der Waals surface area contributed by atoms with Gasteiger partial charge in [0.05, 0.1) is 47.4 Å². The monoisotopic (exact) mass is 1510 g/mol. The number of hydrogen-bond acceptors (Lipinski definition) is 23. The lowest BCUT2D eigenvalue weighted by Crippen LogP contribution is -2.55. The van der Waals surface area contributed by atoms with Crippen molar-refractivity contribution in [3.8, 4) is 34.8 Å². The molecule has 8 N–H and O–H groups in total. The number of aromatic nitrogens is 4. The maximum absolute atomic E-state index is 14.2. The minimum absolute atomic E-state index is 0.000424. The van der Waals surface area contributed by atoms with Crippen LogP contribution in [-0.4, -0.2) is 206 Å². The number of hydrogen-bond donors (Lipinski definition) is 8. The molecule has 6 aromatic rings. The summed E-state index contributed by atoms with van der Waals surface area (Å²) in [6.07, 6.45) is 7.76. The molecule has 4 saturated heterocycles. The molecule has 12 rings (SSSR count). The van der Waals surface area contributed by atoms with Crippen LogP contribution in [0.3, 0.4) is 0 Å². The summed E-state index contributed by atoms with van der Waals surface area (Å²) < 4.78 is 47.7. The second kappa shape index (κ2) is 34.6. The van der Waals surface area contributed by atoms with Gasteiger partial charge in [0.2, 0.25) is 29.5 Å². The van der Waals surface area contributed by atoms with Gasteiger partial charge in [-0.2, -0.15) is 5.26 Å². The summed E-state index contributed by atoms with van der Waals surface area (Å²) in [6, 6.07) is 26.9. The lowest BCUT2D eigenvalue weighted by atomic mass is 9.68. The SMILES string of the molecule is CC(C)[C@@H](C(=O)N1C[C@H](O)C[C@H]1C(=O)N[C@@H](C)c1ccc(C#N)cc1)c1cc(OCCN2CCC(OC3CC(Oc4cc(N5[C@@H]6CC[C@@H]5CN(c5cc(-c7ccccc7OP(=O)(O)O)nnc5NC(=O)OCc5ccc(NC(=O)[C@H](CCCCN(C)C)NC(=O)C7(C(=O)O)CCC7)cc5)C6)ccn4)C3)CC2)no1. The van der Waals surface area contributed by atoms with Crippen LogP contribution in [-0.2, 0) is 44.6 Å². The molecule has 0 spiro atoms. The summed E-state index contributed by atoms with van der Waals surface area (Å²) in [5.41, 5.74) is 2.66. The Morgan fingerprint density at radius 1 is 0.824 bits per heavy atom. The molecule has 108 heavy (non-hydrogen) atoms. The Balaban J connectivity index is 0.604. The molecule has 4 aliphatic heterocycles. The van der Waals surface area contributed by atoms with E-state index in [1.807, 2.05) is 51.9 Å². The number of phosphoric ester groups is 1. The summed E-state index contributed by atoms with van der Waals surface area (Å²) in [6.45, 7) is 9.81. The number of nitrogens with one attached hydrogen (secondary N) is 4. The van der Waals surface area contributed by atoms with E-state index < -0.39 is 67.3 Å². The molecule has 5 amide bonds. The van der Waals surface area contributed by atoms with Crippen molar-refractivity contribution in [3.05, 3.63) is 126 Å². The number of carbonyl (C=O) groups is 6. The number of anilines is 4. The molecule has 3 aromatic heterocycles. The van der Waals surface area contributed by atoms with Crippen molar-refractivity contribution in [2.45, 2.75) is 171 Å². The van der Waals surface area contributed by atoms with E-state index in [9.17, 15) is 58.6 Å². The molecule has 6 fully saturated rings. The topological polar surface area (TPSA) is 399 Å². The molecular formula is C76H95N14O17P. The van der Waals surface area contributed by atoms with Crippen LogP contribution in [0, 0.1) is 22.7 Å². The minimum Gasteiger partial charge on any atom is -0.480 e. The quantitative estimate of drug-likeness (QED) is 0.0113. The average Bonchev–Trinajstić information content (AvgIpc) is 1.64. The fourth-order valence-electron chi connectivity index (χ4n) is 15.1. The van der Waals surface area contributed by atoms with Crippen molar-refractivity contribution < 1.29 is 81.3 Å². The van der Waals surface area contributed by atoms with Gasteiger partial charge in [-0.1, -0.05) is 56.7 Å². The van der Waals surface area contributed by atoms with Crippen molar-refractivity contribution in [1.82, 2.24) is 45.7 Å². The number of phosphoric acid groups is 1. The van der Waals surface area contributed by atoms with E-state index in [1.54, 1.807) is 85.1 Å². The molecule has 2 saturated carbocycles. The number of unbranched alkanes of at least 4 members (excludes halogenated alkanes) is 1. The predicted molar refractivity (Wildman–Crippen MR) is 394 cm³/mol. The Bertz CT molecular complexity index is 4240. The number of benzene rings is 3. The molecule has 3 aromatic carbocycles. The van der Waals surface area contributed by atoms with Gasteiger partial charge in [-0.15, -0.1) is 10.2 Å². The number of carbonyl (C=O) groups excluding carboxylic acids is 5. The van der Waals surface area contributed by atoms with Crippen molar-refractivity contribution in [3.63, 3.8) is 0 Å². The summed E-state index contributed by atoms with van der Waals surface area (Å²) in [7, 11) is -1.11. The first kappa shape index (κ1) is 77.8. The van der Waals surface area contributed by atoms with Gasteiger partial charge >= 0.3 is 19.9 Å². The van der Waals surface area contributed by atoms with E-state index >= 15 is 0 Å². The number of piperazine rings is 1. The highest BCUT2D eigenvalue weighted by atomic mass is 31.2. The lowest BCUT2D eigenvalue weighted by Gasteiger charge is -2.44. The number of para-hydroxylation sites is 1. The van der Waals surface area contributed by atoms with Gasteiger partial charge in [0, 0.05) is 106 Å². The summed E-state index contributed by atoms with van der Waals surface area (Å²) >= 11 is 0. The van der Waals surface area contributed by atoms with Crippen LogP contribution < -0.4 is 45.1 Å². The molecule has 2 bridgehead atoms. The smallest absolute Gasteiger partial charge is 0.480 e. The van der Waals surface area contributed by atoms with Gasteiger partial charge in [-0.3, -0.25) is 44.0 Å². The van der Waals surface area contributed by atoms with E-state index in [-0.39, 0.29) is 109 Å². The van der Waals surface area contributed by atoms with E-state index in [0.29, 0.717) is 79.6 Å². The number of rotatable bonds is 32. The molecule has 7 atom stereocenters. The standard InChI is InChI=1S/C76H95N14O17P/c1-46(2)68(72(94)89-44-55(91)36-63(89)71(93)79-47(3)50-18-14-48(41-77)15-19-50)65-40-67(85-106-65)102-34-33-87-31-25-56(26-32-87)104-57-37-58(38-57)105-66-35-52(24-29-78-66)90-53-22-23-54(90)43-88(42-53)62-39-61(59-11-6-7-13-64(59)107-108(99,100)101)83-84-69(62)82-75(98)103-45-49-16-20-51(21-17-49)80-70(92)60(12-8-9-30-86(4)5)81-73(95)76(74(96)97)27-10-28-76/h6-7,11,13-21,24,29,35,39-40,46-47,53-58,60,63,68,91H,8-10,12,22-23,25-28,30-34,36-38,42-45H2,1-5H3,(H,79,93)(H,80,92)(H,81,95)(H,96,97)(H,82,84,98)(H2,99,100,101)/t47-,53+,54+,55+,57?,58?,60-,63-,68+/m0/s1. The number of piperidine rings is 1. The first-order chi connectivity index (χ1) is 51.8. The second-order valence-corrected chi connectivity index (χ2v) is 30.7. The number of aliphatic carboxylic acids is 1. The maximum atomic E-state index is 14.2. The Hall–Kier alpha value is -9.80. The zero-order chi connectivity index (χ0) is 76.4. The fraction of sp³-hybridized carbons (Fsp3) is 0.513. The Morgan fingerprint density at radius 2 is 1.56 bits per heavy atom. The summed E-state index contributed by atoms with van der Waals surface area (Å²) in [5, 5.41) is 54.1. The predicted octanol–water partition coefficient (Wildman–Crippen LogP) is 7.93. The number of carboxylic acids is 1. The zero-order valence-corrected chi connectivity index (χ0v) is 62.1. The van der Waals surface area contributed by atoms with Crippen LogP contribution in [0.15, 0.2) is 108 Å². The van der Waals surface area contributed by atoms with Crippen molar-refractivity contribution in [1.29, 1.82) is 5.26 Å². The highest BCUT2D eigenvalue weighted by Gasteiger charge is 2.52. The normalized spacial score (nSPS) is 21.4. The number of pyridine rings is 1. The number of nitrogens with zero attached hydrogens (tertiary/aromatic N) is 10. The highest BCUT2D eigenvalue weighted by molar-refractivity contribution is 7.46. The molecule has 576 valence electrons. The van der Waals surface area contributed by atoms with Crippen LogP contribution in [0.5, 0.6) is 17.5 Å². The van der Waals surface area contributed by atoms with Gasteiger partial charge in [0.1, 0.15) is 48.5 Å². The molecule has 0 unspecified atom stereocenters. The number of nitriles is 1. The molecule has 6 aliphatic rings. The van der Waals surface area contributed by atoms with Gasteiger partial charge in [0.25, 0.3) is 5.88 Å². The lowest BCUT2D eigenvalue weighted by molar-refractivity contribution is -0.162. The molecule has 0 radical (unpaired) electrons. The number of fused-ring (bicyclic) bond motifs is 2. The Labute approximate surface area is 626 Å². The van der Waals surface area contributed by atoms with Crippen molar-refractivity contribution in [2.75, 3.05) is 86.9 Å². The first-order valence-corrected chi connectivity index (χ1v) is 38.6. The number of β-amino-alcohol motifs (C(OH)–C–C–N with tert-alkyl or cyclic N) is 1. The Morgan fingerprint density at radius 3 is 2.23 bits per heavy atom. The minimum atomic E-state index is -4.99. The molecular weight excluding hydrogens is 1410 g/mol. The second-order valence-electron chi connectivity index (χ2n) is 29.6. The fourth-order valence-corrected chi connectivity index (χ4v) is 15.6. The third kappa shape index (κ3) is 19.2. The van der Waals surface area contributed by atoms with Crippen LogP contribution in [0.1, 0.15) is 139 Å². The number of aliphatic hydroxyl groups excluding tert-OH is 1. The average molecular weight is 1510 g/mol. The van der Waals surface area contributed by atoms with Gasteiger partial charge in [0.15, 0.2) is 11.6 Å². The maximum Gasteiger partial charge on any atom is 0.524 e. The first-order valence-electron chi connectivity index (χ1n) is 37.0. The summed E-state index contributed by atoms with van der Waals surface area (Å²) in [4.78, 5) is 115. The molecule has 31 nitrogen and oxygen atoms in total. The van der Waals surface area contributed by atoms with Gasteiger partial charge < -0.3 is 73.8 Å². The number of likely N-dealkylation sites (tertiary alicyclic amines) is 2. The van der Waals surface area contributed by atoms with Crippen LogP contribution >= 0.6 is 7.82 Å². The zero-order valence-electron chi connectivity index (χ0n) is 61.2. The molecule has 32 heteroatoms. The Kier molecular flexibility index (Phi) is 24.9. The van der Waals surface area contributed by atoms with E-state index in [4.69, 9.17) is 28.0 Å². The van der Waals surface area contributed by atoms with Gasteiger partial charge in [-0.25, -0.2) is 14.3 Å². The van der Waals surface area contributed by atoms with E-state index in [1.165, 1.54) is 11.0 Å². The molecule has 2 aliphatic carbocycles. The number of aliphatic hydroxyl groups is 1. The number of ether oxygens (including phenoxy) is 4. The summed E-state index contributed by atoms with van der Waals surface area (Å²) in [5.74, 6) is -3.06. The number of carboxylic acid groups (broad SMARTS) is 1. The third-order valence-corrected chi connectivity index (χ3v) is 21.7. The third-order valence-electron chi connectivity index (χ3n) is 21.3. The van der Waals surface area contributed by atoms with Crippen LogP contribution in [0.2, 0.25) is 0 Å². The largest absolute Gasteiger partial charge is 0.524 e. The van der Waals surface area contributed by atoms with Crippen molar-refractivity contribution in [2.24, 2.45) is 11.3 Å². The van der Waals surface area contributed by atoms with E-state index in [0.717, 1.165) is 75.8 Å². The highest BCUT2D eigenvalue weighted by Crippen LogP contribution is 2.46. The number of amides is 5. The molecule has 7 heterocycles.